The molecule has 0 unspecified atom stereocenters. The first-order valence-corrected chi connectivity index (χ1v) is 8.37. The van der Waals surface area contributed by atoms with Gasteiger partial charge in [0.15, 0.2) is 11.5 Å². The summed E-state index contributed by atoms with van der Waals surface area (Å²) in [5.41, 5.74) is 0.804. The molecule has 1 amide bonds. The maximum atomic E-state index is 11.4. The zero-order valence-electron chi connectivity index (χ0n) is 15.9. The lowest BCUT2D eigenvalue weighted by Gasteiger charge is -2.31. The van der Waals surface area contributed by atoms with Gasteiger partial charge in [-0.05, 0) is 18.9 Å². The second-order valence-corrected chi connectivity index (χ2v) is 6.01. The van der Waals surface area contributed by atoms with Crippen LogP contribution in [0.4, 0.5) is 0 Å². The van der Waals surface area contributed by atoms with Crippen LogP contribution in [-0.2, 0) is 9.59 Å². The molecule has 1 saturated heterocycles. The molecule has 3 N–H and O–H groups in total. The third kappa shape index (κ3) is 6.05. The number of ether oxygens (including phenoxy) is 2. The summed E-state index contributed by atoms with van der Waals surface area (Å²) in [7, 11) is 2.98. The van der Waals surface area contributed by atoms with E-state index in [-0.39, 0.29) is 17.6 Å². The summed E-state index contributed by atoms with van der Waals surface area (Å²) >= 11 is 0. The largest absolute Gasteiger partial charge is 0.507 e. The number of carboxylic acids is 1. The van der Waals surface area contributed by atoms with Crippen molar-refractivity contribution in [1.82, 2.24) is 4.90 Å². The maximum absolute atomic E-state index is 11.4. The van der Waals surface area contributed by atoms with Gasteiger partial charge in [0.2, 0.25) is 5.91 Å². The van der Waals surface area contributed by atoms with Gasteiger partial charge in [0.1, 0.15) is 5.75 Å². The summed E-state index contributed by atoms with van der Waals surface area (Å²) in [6.45, 7) is 3.83. The van der Waals surface area contributed by atoms with Crippen LogP contribution in [0.1, 0.15) is 32.3 Å². The van der Waals surface area contributed by atoms with Crippen molar-refractivity contribution in [2.24, 2.45) is 11.1 Å². The fourth-order valence-corrected chi connectivity index (χ4v) is 2.90. The molecular formula is C18H26N2O7. The summed E-state index contributed by atoms with van der Waals surface area (Å²) in [5.74, 6) is -0.0241. The van der Waals surface area contributed by atoms with Crippen molar-refractivity contribution in [3.05, 3.63) is 17.7 Å². The fraction of sp³-hybridized carbons (Fsp3) is 0.500. The minimum atomic E-state index is -0.833. The van der Waals surface area contributed by atoms with E-state index in [0.717, 1.165) is 6.92 Å². The Kier molecular flexibility index (Phi) is 8.37. The van der Waals surface area contributed by atoms with Crippen LogP contribution in [-0.4, -0.2) is 65.2 Å². The number of carbonyl (C=O) groups is 2. The quantitative estimate of drug-likeness (QED) is 0.412. The van der Waals surface area contributed by atoms with Crippen LogP contribution in [0.25, 0.3) is 0 Å². The summed E-state index contributed by atoms with van der Waals surface area (Å²) < 4.78 is 10.4. The minimum Gasteiger partial charge on any atom is -0.507 e. The van der Waals surface area contributed by atoms with Crippen LogP contribution in [0.2, 0.25) is 0 Å². The van der Waals surface area contributed by atoms with E-state index in [2.05, 4.69) is 5.16 Å². The number of oxime groups is 1. The predicted molar refractivity (Wildman–Crippen MR) is 97.8 cm³/mol. The number of phenols is 1. The number of carboxylic acid groups (broad SMARTS) is 1. The standard InChI is InChI=1S/C16H22N2O5.C2H4O2/c1-10(19)18-6-4-11(5-7-18)16(17-21)12-8-14(22-2)15(23-3)9-13(12)20;1-2(3)4/h8-9,11,20-21H,4-7H2,1-3H3;1H3,(H,3,4). The van der Waals surface area contributed by atoms with Crippen LogP contribution in [0, 0.1) is 5.92 Å². The minimum absolute atomic E-state index is 0.0375. The highest BCUT2D eigenvalue weighted by Gasteiger charge is 2.28. The fourth-order valence-electron chi connectivity index (χ4n) is 2.90. The van der Waals surface area contributed by atoms with E-state index < -0.39 is 5.97 Å². The van der Waals surface area contributed by atoms with Crippen LogP contribution in [0.3, 0.4) is 0 Å². The molecule has 9 nitrogen and oxygen atoms in total. The number of methoxy groups -OCH3 is 2. The Balaban J connectivity index is 0.000000828. The van der Waals surface area contributed by atoms with Crippen LogP contribution in [0.15, 0.2) is 17.3 Å². The average Bonchev–Trinajstić information content (AvgIpc) is 2.63. The summed E-state index contributed by atoms with van der Waals surface area (Å²) in [5, 5.41) is 30.5. The van der Waals surface area contributed by atoms with E-state index in [1.54, 1.807) is 17.9 Å². The van der Waals surface area contributed by atoms with Crippen molar-refractivity contribution >= 4 is 17.6 Å². The normalized spacial score (nSPS) is 14.8. The second-order valence-electron chi connectivity index (χ2n) is 6.01. The van der Waals surface area contributed by atoms with Gasteiger partial charge in [-0.25, -0.2) is 0 Å². The first-order chi connectivity index (χ1) is 12.7. The number of rotatable bonds is 4. The number of likely N-dealkylation sites (tertiary alicyclic amines) is 1. The van der Waals surface area contributed by atoms with E-state index in [4.69, 9.17) is 19.4 Å². The summed E-state index contributed by atoms with van der Waals surface area (Å²) in [6, 6.07) is 3.03. The van der Waals surface area contributed by atoms with Gasteiger partial charge in [-0.3, -0.25) is 9.59 Å². The molecule has 1 heterocycles. The molecular weight excluding hydrogens is 356 g/mol. The summed E-state index contributed by atoms with van der Waals surface area (Å²) in [6.07, 6.45) is 1.35. The van der Waals surface area contributed by atoms with Gasteiger partial charge in [-0.1, -0.05) is 5.16 Å². The number of benzene rings is 1. The number of nitrogens with zero attached hydrogens (tertiary/aromatic N) is 2. The third-order valence-corrected chi connectivity index (χ3v) is 4.21. The lowest BCUT2D eigenvalue weighted by atomic mass is 9.87. The van der Waals surface area contributed by atoms with E-state index >= 15 is 0 Å². The molecule has 1 aromatic carbocycles. The molecule has 0 saturated carbocycles. The molecule has 150 valence electrons. The van der Waals surface area contributed by atoms with Gasteiger partial charge in [0.05, 0.1) is 19.9 Å². The van der Waals surface area contributed by atoms with E-state index in [0.29, 0.717) is 48.7 Å². The Morgan fingerprint density at radius 1 is 1.11 bits per heavy atom. The van der Waals surface area contributed by atoms with Gasteiger partial charge >= 0.3 is 0 Å². The van der Waals surface area contributed by atoms with Crippen molar-refractivity contribution in [3.8, 4) is 17.2 Å². The number of amides is 1. The van der Waals surface area contributed by atoms with Gasteiger partial charge in [0, 0.05) is 44.5 Å². The number of piperidine rings is 1. The van der Waals surface area contributed by atoms with Crippen molar-refractivity contribution in [2.75, 3.05) is 27.3 Å². The molecule has 0 spiro atoms. The molecule has 0 atom stereocenters. The van der Waals surface area contributed by atoms with Crippen molar-refractivity contribution in [1.29, 1.82) is 0 Å². The monoisotopic (exact) mass is 382 g/mol. The zero-order valence-corrected chi connectivity index (χ0v) is 15.9. The van der Waals surface area contributed by atoms with Crippen molar-refractivity contribution < 1.29 is 34.5 Å². The number of carbonyl (C=O) groups excluding carboxylic acids is 1. The van der Waals surface area contributed by atoms with Crippen molar-refractivity contribution in [3.63, 3.8) is 0 Å². The number of aromatic hydroxyl groups is 1. The second kappa shape index (κ2) is 10.2. The Bertz CT molecular complexity index is 691. The Hall–Kier alpha value is -2.97. The Morgan fingerprint density at radius 2 is 1.59 bits per heavy atom. The van der Waals surface area contributed by atoms with Crippen LogP contribution < -0.4 is 9.47 Å². The zero-order chi connectivity index (χ0) is 20.6. The van der Waals surface area contributed by atoms with Gasteiger partial charge in [-0.2, -0.15) is 0 Å². The number of aliphatic carboxylic acids is 1. The molecule has 27 heavy (non-hydrogen) atoms. The van der Waals surface area contributed by atoms with Gasteiger partial charge in [-0.15, -0.1) is 0 Å². The van der Waals surface area contributed by atoms with Crippen molar-refractivity contribution in [2.45, 2.75) is 26.7 Å². The van der Waals surface area contributed by atoms with Gasteiger partial charge < -0.3 is 29.8 Å². The molecule has 1 aliphatic heterocycles. The molecule has 1 aromatic rings. The number of phenolic OH excluding ortho intramolecular Hbond substituents is 1. The molecule has 1 aliphatic rings. The van der Waals surface area contributed by atoms with Gasteiger partial charge in [0.25, 0.3) is 5.97 Å². The molecule has 1 fully saturated rings. The lowest BCUT2D eigenvalue weighted by molar-refractivity contribution is -0.134. The maximum Gasteiger partial charge on any atom is 0.300 e. The number of hydrogen-bond donors (Lipinski definition) is 3. The third-order valence-electron chi connectivity index (χ3n) is 4.21. The number of hydrogen-bond acceptors (Lipinski definition) is 7. The first kappa shape index (κ1) is 22.1. The van der Waals surface area contributed by atoms with Crippen LogP contribution >= 0.6 is 0 Å². The Labute approximate surface area is 157 Å². The lowest BCUT2D eigenvalue weighted by Crippen LogP contribution is -2.39. The highest BCUT2D eigenvalue weighted by Crippen LogP contribution is 2.36. The highest BCUT2D eigenvalue weighted by molar-refractivity contribution is 6.04. The highest BCUT2D eigenvalue weighted by atomic mass is 16.5. The molecule has 0 aliphatic carbocycles. The first-order valence-electron chi connectivity index (χ1n) is 8.37. The Morgan fingerprint density at radius 3 is 2.00 bits per heavy atom. The summed E-state index contributed by atoms with van der Waals surface area (Å²) in [4.78, 5) is 22.2. The molecule has 9 heteroatoms. The SMILES string of the molecule is CC(=O)O.COc1cc(O)c(C(=NO)C2CCN(C(C)=O)CC2)cc1OC. The molecule has 0 aromatic heterocycles. The van der Waals surface area contributed by atoms with E-state index in [1.807, 2.05) is 0 Å². The molecule has 0 bridgehead atoms. The van der Waals surface area contributed by atoms with Crippen LogP contribution in [0.5, 0.6) is 17.2 Å². The predicted octanol–water partition coefficient (Wildman–Crippen LogP) is 1.94. The van der Waals surface area contributed by atoms with E-state index in [9.17, 15) is 15.1 Å². The smallest absolute Gasteiger partial charge is 0.300 e. The average molecular weight is 382 g/mol. The molecule has 0 radical (unpaired) electrons. The topological polar surface area (TPSA) is 129 Å². The molecule has 2 rings (SSSR count). The van der Waals surface area contributed by atoms with E-state index in [1.165, 1.54) is 20.3 Å².